The Labute approximate surface area is 166 Å². The topological polar surface area (TPSA) is 74.1 Å². The molecule has 0 bridgehead atoms. The van der Waals surface area contributed by atoms with Crippen LogP contribution in [0, 0.1) is 0 Å². The second kappa shape index (κ2) is 7.24. The molecule has 0 saturated carbocycles. The lowest BCUT2D eigenvalue weighted by Gasteiger charge is -2.06. The van der Waals surface area contributed by atoms with Gasteiger partial charge in [-0.05, 0) is 11.5 Å². The van der Waals surface area contributed by atoms with Gasteiger partial charge in [-0.3, -0.25) is 4.79 Å². The first-order valence-electron chi connectivity index (χ1n) is 8.90. The van der Waals surface area contributed by atoms with Crippen LogP contribution >= 0.6 is 0 Å². The average Bonchev–Trinajstić information content (AvgIpc) is 3.13. The summed E-state index contributed by atoms with van der Waals surface area (Å²) >= 11 is 0. The minimum absolute atomic E-state index is 0.00966. The number of aromatic nitrogens is 1. The summed E-state index contributed by atoms with van der Waals surface area (Å²) in [6, 6.07) is 17.8. The van der Waals surface area contributed by atoms with E-state index in [9.17, 15) is 14.4 Å². The molecule has 0 aliphatic rings. The quantitative estimate of drug-likeness (QED) is 0.392. The van der Waals surface area contributed by atoms with Crippen molar-refractivity contribution >= 4 is 34.0 Å². The Morgan fingerprint density at radius 1 is 0.759 bits per heavy atom. The molecule has 4 rings (SSSR count). The Morgan fingerprint density at radius 2 is 1.38 bits per heavy atom. The number of methoxy groups -OCH3 is 2. The zero-order valence-corrected chi connectivity index (χ0v) is 15.8. The van der Waals surface area contributed by atoms with Gasteiger partial charge in [0.25, 0.3) is 0 Å². The van der Waals surface area contributed by atoms with E-state index in [1.54, 1.807) is 40.9 Å². The van der Waals surface area contributed by atoms with Crippen LogP contribution in [0.5, 0.6) is 0 Å². The second-order valence-electron chi connectivity index (χ2n) is 6.40. The molecule has 0 spiro atoms. The smallest absolute Gasteiger partial charge is 0.341 e. The van der Waals surface area contributed by atoms with Gasteiger partial charge in [-0.2, -0.15) is 0 Å². The fourth-order valence-electron chi connectivity index (χ4n) is 3.57. The highest BCUT2D eigenvalue weighted by Gasteiger charge is 2.33. The average molecular weight is 387 g/mol. The van der Waals surface area contributed by atoms with Crippen molar-refractivity contribution in [2.45, 2.75) is 0 Å². The molecule has 144 valence electrons. The summed E-state index contributed by atoms with van der Waals surface area (Å²) in [5.41, 5.74) is 0.778. The summed E-state index contributed by atoms with van der Waals surface area (Å²) in [6.45, 7) is 0. The van der Waals surface area contributed by atoms with Gasteiger partial charge < -0.3 is 13.9 Å². The molecule has 2 aromatic carbocycles. The Morgan fingerprint density at radius 3 is 2.07 bits per heavy atom. The molecule has 0 aliphatic carbocycles. The van der Waals surface area contributed by atoms with Crippen LogP contribution in [0.2, 0.25) is 0 Å². The molecular formula is C23H17NO5. The normalized spacial score (nSPS) is 10.8. The zero-order chi connectivity index (χ0) is 20.5. The third kappa shape index (κ3) is 2.86. The molecule has 29 heavy (non-hydrogen) atoms. The fourth-order valence-corrected chi connectivity index (χ4v) is 3.57. The number of hydrogen-bond acceptors (Lipinski definition) is 5. The summed E-state index contributed by atoms with van der Waals surface area (Å²) in [4.78, 5) is 38.8. The van der Waals surface area contributed by atoms with Crippen LogP contribution < -0.4 is 0 Å². The molecule has 6 nitrogen and oxygen atoms in total. The SMILES string of the molecule is COC(=O)c1c(C(=O)OC)c2c3ccccc3ccn2c1C(=O)c1ccccc1. The van der Waals surface area contributed by atoms with Gasteiger partial charge in [0, 0.05) is 17.1 Å². The number of fused-ring (bicyclic) bond motifs is 3. The van der Waals surface area contributed by atoms with Crippen LogP contribution in [0.1, 0.15) is 36.8 Å². The molecule has 0 unspecified atom stereocenters. The Balaban J connectivity index is 2.20. The number of pyridine rings is 1. The number of nitrogens with zero attached hydrogens (tertiary/aromatic N) is 1. The molecule has 2 aromatic heterocycles. The largest absolute Gasteiger partial charge is 0.465 e. The fraction of sp³-hybridized carbons (Fsp3) is 0.0870. The Kier molecular flexibility index (Phi) is 4.60. The van der Waals surface area contributed by atoms with Gasteiger partial charge >= 0.3 is 11.9 Å². The summed E-state index contributed by atoms with van der Waals surface area (Å²) in [6.07, 6.45) is 1.67. The van der Waals surface area contributed by atoms with E-state index in [1.165, 1.54) is 14.2 Å². The Hall–Kier alpha value is -3.93. The number of carbonyl (C=O) groups is 3. The Bertz CT molecular complexity index is 1270. The predicted octanol–water partition coefficient (Wildman–Crippen LogP) is 3.90. The van der Waals surface area contributed by atoms with Crippen LogP contribution in [0.3, 0.4) is 0 Å². The van der Waals surface area contributed by atoms with E-state index >= 15 is 0 Å². The van der Waals surface area contributed by atoms with Gasteiger partial charge in [-0.15, -0.1) is 0 Å². The van der Waals surface area contributed by atoms with E-state index in [0.29, 0.717) is 16.5 Å². The van der Waals surface area contributed by atoms with Gasteiger partial charge in [-0.1, -0.05) is 54.6 Å². The van der Waals surface area contributed by atoms with Gasteiger partial charge in [-0.25, -0.2) is 9.59 Å². The highest BCUT2D eigenvalue weighted by atomic mass is 16.5. The van der Waals surface area contributed by atoms with Crippen molar-refractivity contribution < 1.29 is 23.9 Å². The van der Waals surface area contributed by atoms with Crippen molar-refractivity contribution in [3.05, 3.63) is 89.2 Å². The third-order valence-corrected chi connectivity index (χ3v) is 4.85. The predicted molar refractivity (Wildman–Crippen MR) is 107 cm³/mol. The lowest BCUT2D eigenvalue weighted by atomic mass is 10.0. The first kappa shape index (κ1) is 18.4. The molecule has 0 fully saturated rings. The minimum atomic E-state index is -0.780. The summed E-state index contributed by atoms with van der Waals surface area (Å²) < 4.78 is 11.4. The van der Waals surface area contributed by atoms with Crippen LogP contribution in [-0.4, -0.2) is 36.3 Å². The molecule has 4 aromatic rings. The molecule has 0 saturated heterocycles. The molecule has 0 radical (unpaired) electrons. The number of ether oxygens (including phenoxy) is 2. The summed E-state index contributed by atoms with van der Waals surface area (Å²) in [7, 11) is 2.44. The first-order valence-corrected chi connectivity index (χ1v) is 8.90. The summed E-state index contributed by atoms with van der Waals surface area (Å²) in [5, 5.41) is 1.57. The van der Waals surface area contributed by atoms with Crippen molar-refractivity contribution in [1.29, 1.82) is 0 Å². The van der Waals surface area contributed by atoms with Crippen LogP contribution in [0.4, 0.5) is 0 Å². The maximum atomic E-state index is 13.4. The van der Waals surface area contributed by atoms with Crippen LogP contribution in [0.15, 0.2) is 66.9 Å². The van der Waals surface area contributed by atoms with E-state index in [-0.39, 0.29) is 16.8 Å². The van der Waals surface area contributed by atoms with Crippen molar-refractivity contribution in [3.8, 4) is 0 Å². The van der Waals surface area contributed by atoms with Crippen LogP contribution in [0.25, 0.3) is 16.3 Å². The van der Waals surface area contributed by atoms with E-state index < -0.39 is 17.7 Å². The molecule has 0 amide bonds. The third-order valence-electron chi connectivity index (χ3n) is 4.85. The molecule has 0 aliphatic heterocycles. The minimum Gasteiger partial charge on any atom is -0.465 e. The summed E-state index contributed by atoms with van der Waals surface area (Å²) in [5.74, 6) is -1.89. The standard InChI is InChI=1S/C23H17NO5/c1-28-22(26)17-18(23(27)29-2)20(21(25)15-9-4-3-5-10-15)24-13-12-14-8-6-7-11-16(14)19(17)24/h3-13H,1-2H3. The van der Waals surface area contributed by atoms with E-state index in [0.717, 1.165) is 5.39 Å². The number of carbonyl (C=O) groups excluding carboxylic acids is 3. The van der Waals surface area contributed by atoms with E-state index in [2.05, 4.69) is 0 Å². The van der Waals surface area contributed by atoms with Gasteiger partial charge in [0.2, 0.25) is 5.78 Å². The molecule has 6 heteroatoms. The monoisotopic (exact) mass is 387 g/mol. The van der Waals surface area contributed by atoms with Crippen LogP contribution in [-0.2, 0) is 9.47 Å². The number of benzene rings is 2. The van der Waals surface area contributed by atoms with Crippen molar-refractivity contribution in [2.75, 3.05) is 14.2 Å². The maximum Gasteiger partial charge on any atom is 0.341 e. The number of rotatable bonds is 4. The highest BCUT2D eigenvalue weighted by molar-refractivity contribution is 6.22. The first-order chi connectivity index (χ1) is 14.1. The molecule has 0 atom stereocenters. The van der Waals surface area contributed by atoms with Crippen molar-refractivity contribution in [3.63, 3.8) is 0 Å². The van der Waals surface area contributed by atoms with Crippen molar-refractivity contribution in [1.82, 2.24) is 4.40 Å². The highest BCUT2D eigenvalue weighted by Crippen LogP contribution is 2.32. The van der Waals surface area contributed by atoms with Crippen molar-refractivity contribution in [2.24, 2.45) is 0 Å². The number of hydrogen-bond donors (Lipinski definition) is 0. The van der Waals surface area contributed by atoms with Gasteiger partial charge in [0.15, 0.2) is 0 Å². The molecule has 0 N–H and O–H groups in total. The number of ketones is 1. The number of esters is 2. The lowest BCUT2D eigenvalue weighted by Crippen LogP contribution is -2.15. The lowest BCUT2D eigenvalue weighted by molar-refractivity contribution is 0.0556. The zero-order valence-electron chi connectivity index (χ0n) is 15.8. The molecule has 2 heterocycles. The van der Waals surface area contributed by atoms with Gasteiger partial charge in [0.1, 0.15) is 16.8 Å². The van der Waals surface area contributed by atoms with E-state index in [4.69, 9.17) is 9.47 Å². The van der Waals surface area contributed by atoms with E-state index in [1.807, 2.05) is 30.3 Å². The second-order valence-corrected chi connectivity index (χ2v) is 6.40. The van der Waals surface area contributed by atoms with Gasteiger partial charge in [0.05, 0.1) is 19.7 Å². The molecular weight excluding hydrogens is 370 g/mol. The maximum absolute atomic E-state index is 13.4.